The summed E-state index contributed by atoms with van der Waals surface area (Å²) in [7, 11) is 0. The zero-order valence-corrected chi connectivity index (χ0v) is 15.8. The maximum Gasteiger partial charge on any atom is 0.366 e. The van der Waals surface area contributed by atoms with E-state index in [4.69, 9.17) is 14.2 Å². The third-order valence-corrected chi connectivity index (χ3v) is 3.99. The Morgan fingerprint density at radius 3 is 2.67 bits per heavy atom. The summed E-state index contributed by atoms with van der Waals surface area (Å²) in [6, 6.07) is 1.56. The molecular formula is C17H23N3O7. The van der Waals surface area contributed by atoms with Gasteiger partial charge in [-0.2, -0.15) is 0 Å². The standard InChI is InChI=1S/C17H23N3O7/c1-5-11(15(21)26-10-9-25-6-2)19-14-12(27-17(3,4)16(19)22)7-8-13(18-14)20(23)24/h7-8,11H,5-6,9-10H2,1-4H3. The van der Waals surface area contributed by atoms with Gasteiger partial charge in [-0.3, -0.25) is 9.69 Å². The fourth-order valence-electron chi connectivity index (χ4n) is 2.67. The molecule has 1 aromatic rings. The van der Waals surface area contributed by atoms with Crippen molar-refractivity contribution >= 4 is 23.5 Å². The highest BCUT2D eigenvalue weighted by Gasteiger charge is 2.48. The Bertz CT molecular complexity index is 735. The van der Waals surface area contributed by atoms with Gasteiger partial charge in [0.25, 0.3) is 11.7 Å². The van der Waals surface area contributed by atoms with Crippen molar-refractivity contribution in [3.05, 3.63) is 22.2 Å². The summed E-state index contributed by atoms with van der Waals surface area (Å²) in [6.07, 6.45) is 0.235. The lowest BCUT2D eigenvalue weighted by Gasteiger charge is -2.38. The van der Waals surface area contributed by atoms with Gasteiger partial charge >= 0.3 is 11.8 Å². The van der Waals surface area contributed by atoms with Gasteiger partial charge in [0.1, 0.15) is 12.6 Å². The van der Waals surface area contributed by atoms with Crippen molar-refractivity contribution < 1.29 is 28.7 Å². The molecule has 148 valence electrons. The third kappa shape index (κ3) is 4.33. The predicted octanol–water partition coefficient (Wildman–Crippen LogP) is 1.85. The zero-order chi connectivity index (χ0) is 20.2. The first-order chi connectivity index (χ1) is 12.7. The Morgan fingerprint density at radius 1 is 1.37 bits per heavy atom. The first-order valence-electron chi connectivity index (χ1n) is 8.65. The zero-order valence-electron chi connectivity index (χ0n) is 15.8. The van der Waals surface area contributed by atoms with Crippen LogP contribution in [0.1, 0.15) is 34.1 Å². The number of ether oxygens (including phenoxy) is 3. The minimum Gasteiger partial charge on any atom is -0.472 e. The fourth-order valence-corrected chi connectivity index (χ4v) is 2.67. The van der Waals surface area contributed by atoms with Gasteiger partial charge < -0.3 is 24.3 Å². The van der Waals surface area contributed by atoms with E-state index in [2.05, 4.69) is 4.98 Å². The molecule has 1 unspecified atom stereocenters. The molecule has 1 amide bonds. The molecule has 0 fully saturated rings. The van der Waals surface area contributed by atoms with Crippen LogP contribution in [0.5, 0.6) is 5.75 Å². The van der Waals surface area contributed by atoms with E-state index in [0.717, 1.165) is 4.90 Å². The molecular weight excluding hydrogens is 358 g/mol. The van der Waals surface area contributed by atoms with Gasteiger partial charge in [-0.15, -0.1) is 0 Å². The van der Waals surface area contributed by atoms with E-state index in [1.807, 2.05) is 6.92 Å². The van der Waals surface area contributed by atoms with E-state index in [0.29, 0.717) is 6.61 Å². The van der Waals surface area contributed by atoms with Crippen molar-refractivity contribution in [2.24, 2.45) is 0 Å². The molecule has 1 atom stereocenters. The van der Waals surface area contributed by atoms with Crippen LogP contribution in [0, 0.1) is 10.1 Å². The number of esters is 1. The van der Waals surface area contributed by atoms with Crippen molar-refractivity contribution in [1.29, 1.82) is 0 Å². The lowest BCUT2D eigenvalue weighted by Crippen LogP contribution is -2.58. The van der Waals surface area contributed by atoms with Gasteiger partial charge in [0, 0.05) is 12.7 Å². The van der Waals surface area contributed by atoms with Gasteiger partial charge in [-0.25, -0.2) is 4.79 Å². The van der Waals surface area contributed by atoms with Crippen LogP contribution in [0.4, 0.5) is 11.6 Å². The molecule has 0 aromatic carbocycles. The Balaban J connectivity index is 2.39. The molecule has 0 saturated carbocycles. The lowest BCUT2D eigenvalue weighted by atomic mass is 10.0. The number of anilines is 1. The van der Waals surface area contributed by atoms with E-state index < -0.39 is 34.3 Å². The molecule has 10 nitrogen and oxygen atoms in total. The van der Waals surface area contributed by atoms with Crippen molar-refractivity contribution in [3.8, 4) is 5.75 Å². The molecule has 0 aliphatic carbocycles. The first-order valence-corrected chi connectivity index (χ1v) is 8.65. The number of rotatable bonds is 8. The van der Waals surface area contributed by atoms with Crippen molar-refractivity contribution in [2.45, 2.75) is 45.8 Å². The van der Waals surface area contributed by atoms with Gasteiger partial charge in [0.05, 0.1) is 6.61 Å². The van der Waals surface area contributed by atoms with Gasteiger partial charge in [-0.1, -0.05) is 6.92 Å². The van der Waals surface area contributed by atoms with E-state index >= 15 is 0 Å². The number of aromatic nitrogens is 1. The van der Waals surface area contributed by atoms with Crippen molar-refractivity contribution in [2.75, 3.05) is 24.7 Å². The topological polar surface area (TPSA) is 121 Å². The number of nitrogens with zero attached hydrogens (tertiary/aromatic N) is 3. The summed E-state index contributed by atoms with van der Waals surface area (Å²) in [6.45, 7) is 7.41. The summed E-state index contributed by atoms with van der Waals surface area (Å²) in [4.78, 5) is 40.9. The highest BCUT2D eigenvalue weighted by atomic mass is 16.6. The molecule has 2 heterocycles. The van der Waals surface area contributed by atoms with Gasteiger partial charge in [0.2, 0.25) is 0 Å². The molecule has 0 spiro atoms. The maximum atomic E-state index is 12.9. The Labute approximate surface area is 156 Å². The molecule has 0 bridgehead atoms. The molecule has 0 saturated heterocycles. The molecule has 1 aliphatic rings. The van der Waals surface area contributed by atoms with Gasteiger partial charge in [-0.05, 0) is 43.2 Å². The van der Waals surface area contributed by atoms with Crippen LogP contribution >= 0.6 is 0 Å². The SMILES string of the molecule is CCOCCOC(=O)C(CC)N1C(=O)C(C)(C)Oc2ccc([N+](=O)[O-])nc21. The number of hydrogen-bond acceptors (Lipinski definition) is 8. The summed E-state index contributed by atoms with van der Waals surface area (Å²) in [5.41, 5.74) is -1.26. The second-order valence-electron chi connectivity index (χ2n) is 6.32. The molecule has 0 N–H and O–H groups in total. The van der Waals surface area contributed by atoms with E-state index in [-0.39, 0.29) is 31.2 Å². The Morgan fingerprint density at radius 2 is 2.07 bits per heavy atom. The number of amides is 1. The first kappa shape index (κ1) is 20.6. The highest BCUT2D eigenvalue weighted by molar-refractivity contribution is 6.05. The quantitative estimate of drug-likeness (QED) is 0.289. The van der Waals surface area contributed by atoms with Crippen LogP contribution in [-0.4, -0.2) is 53.2 Å². The van der Waals surface area contributed by atoms with E-state index in [9.17, 15) is 19.7 Å². The Hall–Kier alpha value is -2.75. The normalized spacial score (nSPS) is 16.3. The van der Waals surface area contributed by atoms with Crippen molar-refractivity contribution in [1.82, 2.24) is 4.98 Å². The summed E-state index contributed by atoms with van der Waals surface area (Å²) >= 11 is 0. The minimum atomic E-state index is -1.26. The summed E-state index contributed by atoms with van der Waals surface area (Å²) < 4.78 is 16.0. The number of fused-ring (bicyclic) bond motifs is 1. The van der Waals surface area contributed by atoms with E-state index in [1.54, 1.807) is 20.8 Å². The number of carbonyl (C=O) groups is 2. The van der Waals surface area contributed by atoms with Crippen LogP contribution < -0.4 is 9.64 Å². The van der Waals surface area contributed by atoms with Crippen molar-refractivity contribution in [3.63, 3.8) is 0 Å². The minimum absolute atomic E-state index is 0.0420. The van der Waals surface area contributed by atoms with Crippen LogP contribution in [0.25, 0.3) is 0 Å². The van der Waals surface area contributed by atoms with Crippen LogP contribution in [0.3, 0.4) is 0 Å². The summed E-state index contributed by atoms with van der Waals surface area (Å²) in [5.74, 6) is -1.50. The fraction of sp³-hybridized carbons (Fsp3) is 0.588. The number of carbonyl (C=O) groups excluding carboxylic acids is 2. The average Bonchev–Trinajstić information content (AvgIpc) is 2.61. The molecule has 27 heavy (non-hydrogen) atoms. The lowest BCUT2D eigenvalue weighted by molar-refractivity contribution is -0.389. The second kappa shape index (κ2) is 8.30. The second-order valence-corrected chi connectivity index (χ2v) is 6.32. The Kier molecular flexibility index (Phi) is 6.32. The molecule has 1 aliphatic heterocycles. The molecule has 1 aromatic heterocycles. The number of pyridine rings is 1. The number of hydrogen-bond donors (Lipinski definition) is 0. The number of nitro groups is 1. The smallest absolute Gasteiger partial charge is 0.366 e. The van der Waals surface area contributed by atoms with Gasteiger partial charge in [0.15, 0.2) is 11.4 Å². The van der Waals surface area contributed by atoms with E-state index in [1.165, 1.54) is 12.1 Å². The summed E-state index contributed by atoms with van der Waals surface area (Å²) in [5, 5.41) is 11.1. The average molecular weight is 381 g/mol. The highest BCUT2D eigenvalue weighted by Crippen LogP contribution is 2.39. The molecule has 0 radical (unpaired) electrons. The monoisotopic (exact) mass is 381 g/mol. The van der Waals surface area contributed by atoms with Crippen LogP contribution in [0.15, 0.2) is 12.1 Å². The van der Waals surface area contributed by atoms with Crippen LogP contribution in [0.2, 0.25) is 0 Å². The predicted molar refractivity (Wildman–Crippen MR) is 94.6 cm³/mol. The third-order valence-electron chi connectivity index (χ3n) is 3.99. The molecule has 10 heteroatoms. The largest absolute Gasteiger partial charge is 0.472 e. The van der Waals surface area contributed by atoms with Crippen LogP contribution in [-0.2, 0) is 19.1 Å². The molecule has 2 rings (SSSR count). The maximum absolute atomic E-state index is 12.9.